The molecule has 1 rings (SSSR count). The fraction of sp³-hybridized carbons (Fsp3) is 0.333. The quantitative estimate of drug-likeness (QED) is 0.279. The van der Waals surface area contributed by atoms with Gasteiger partial charge in [0.2, 0.25) is 0 Å². The van der Waals surface area contributed by atoms with Gasteiger partial charge in [0.05, 0.1) is 6.42 Å². The maximum atomic E-state index is 11.9. The summed E-state index contributed by atoms with van der Waals surface area (Å²) in [5.74, 6) is -1.79. The summed E-state index contributed by atoms with van der Waals surface area (Å²) in [6.45, 7) is -0.623. The molecule has 1 aromatic rings. The number of amides is 1. The molecule has 7 N–H and O–H groups in total. The molecule has 0 unspecified atom stereocenters. The van der Waals surface area contributed by atoms with E-state index >= 15 is 0 Å². The second-order valence-corrected chi connectivity index (χ2v) is 9.14. The van der Waals surface area contributed by atoms with Crippen LogP contribution in [0.2, 0.25) is 0 Å². The molecule has 0 bridgehead atoms. The van der Waals surface area contributed by atoms with Gasteiger partial charge in [-0.05, 0) is 17.7 Å². The highest BCUT2D eigenvalue weighted by Gasteiger charge is 2.58. The van der Waals surface area contributed by atoms with Crippen molar-refractivity contribution in [1.82, 2.24) is 5.32 Å². The number of nitrogens with one attached hydrogen (secondary N) is 1. The molecule has 0 radical (unpaired) electrons. The van der Waals surface area contributed by atoms with Gasteiger partial charge >= 0.3 is 21.2 Å². The van der Waals surface area contributed by atoms with Gasteiger partial charge in [0.15, 0.2) is 0 Å². The first-order valence-corrected chi connectivity index (χ1v) is 9.93. The van der Waals surface area contributed by atoms with Crippen molar-refractivity contribution in [2.45, 2.75) is 17.9 Å². The lowest BCUT2D eigenvalue weighted by atomic mass is 10.1. The van der Waals surface area contributed by atoms with E-state index in [9.17, 15) is 23.8 Å². The number of benzene rings is 1. The van der Waals surface area contributed by atoms with Crippen LogP contribution in [0.1, 0.15) is 22.3 Å². The van der Waals surface area contributed by atoms with Crippen LogP contribution < -0.4 is 5.32 Å². The molecule has 0 saturated carbocycles. The Morgan fingerprint density at radius 2 is 1.48 bits per heavy atom. The van der Waals surface area contributed by atoms with Crippen LogP contribution in [0.3, 0.4) is 0 Å². The van der Waals surface area contributed by atoms with Crippen molar-refractivity contribution in [3.8, 4) is 0 Å². The van der Waals surface area contributed by atoms with E-state index in [0.29, 0.717) is 5.56 Å². The number of carboxylic acids is 1. The monoisotopic (exact) mass is 397 g/mol. The first-order chi connectivity index (χ1) is 11.3. The lowest BCUT2D eigenvalue weighted by molar-refractivity contribution is -0.136. The number of aliphatic hydroxyl groups is 1. The number of aliphatic carboxylic acids is 1. The first kappa shape index (κ1) is 21.5. The molecule has 0 spiro atoms. The molecule has 0 aliphatic heterocycles. The summed E-state index contributed by atoms with van der Waals surface area (Å²) in [7, 11) is -11.2. The summed E-state index contributed by atoms with van der Waals surface area (Å²) in [6, 6.07) is 5.41. The maximum absolute atomic E-state index is 11.9. The van der Waals surface area contributed by atoms with Crippen molar-refractivity contribution < 1.29 is 48.5 Å². The van der Waals surface area contributed by atoms with Crippen molar-refractivity contribution in [1.29, 1.82) is 0 Å². The topological polar surface area (TPSA) is 202 Å². The van der Waals surface area contributed by atoms with E-state index in [1.165, 1.54) is 24.3 Å². The standard InChI is InChI=1S/C12H17NO10P2/c14-10(15)7-8-1-3-9(4-2-8)11(16)13-6-5-12(17,24(18,19)20)25(21,22)23/h1-4,17H,5-7H2,(H,13,16)(H,14,15)(H2,18,19,20)(H2,21,22,23). The lowest BCUT2D eigenvalue weighted by Crippen LogP contribution is -2.35. The van der Waals surface area contributed by atoms with E-state index in [1.807, 2.05) is 0 Å². The van der Waals surface area contributed by atoms with Crippen molar-refractivity contribution in [2.75, 3.05) is 6.54 Å². The lowest BCUT2D eigenvalue weighted by Gasteiger charge is -2.29. The van der Waals surface area contributed by atoms with Crippen LogP contribution in [0.5, 0.6) is 0 Å². The fourth-order valence-corrected chi connectivity index (χ4v) is 4.02. The Labute approximate surface area is 141 Å². The Kier molecular flexibility index (Phi) is 6.66. The average molecular weight is 397 g/mol. The number of carbonyl (C=O) groups excluding carboxylic acids is 1. The highest BCUT2D eigenvalue weighted by Crippen LogP contribution is 2.68. The minimum Gasteiger partial charge on any atom is -0.481 e. The summed E-state index contributed by atoms with van der Waals surface area (Å²) in [5.41, 5.74) is 0.534. The van der Waals surface area contributed by atoms with E-state index < -0.39 is 45.1 Å². The van der Waals surface area contributed by atoms with Gasteiger partial charge in [-0.25, -0.2) is 0 Å². The van der Waals surface area contributed by atoms with Gasteiger partial charge in [-0.2, -0.15) is 0 Å². The van der Waals surface area contributed by atoms with Crippen LogP contribution in [0, 0.1) is 0 Å². The van der Waals surface area contributed by atoms with Crippen LogP contribution in [0.15, 0.2) is 24.3 Å². The Balaban J connectivity index is 2.74. The van der Waals surface area contributed by atoms with Gasteiger partial charge in [-0.1, -0.05) is 12.1 Å². The number of carbonyl (C=O) groups is 2. The van der Waals surface area contributed by atoms with E-state index in [-0.39, 0.29) is 12.0 Å². The molecule has 0 heterocycles. The van der Waals surface area contributed by atoms with Gasteiger partial charge in [0, 0.05) is 18.5 Å². The number of carboxylic acid groups (broad SMARTS) is 1. The number of hydrogen-bond acceptors (Lipinski definition) is 5. The van der Waals surface area contributed by atoms with E-state index in [2.05, 4.69) is 5.32 Å². The van der Waals surface area contributed by atoms with E-state index in [0.717, 1.165) is 0 Å². The predicted octanol–water partition coefficient (Wildman–Crippen LogP) is -0.565. The van der Waals surface area contributed by atoms with E-state index in [4.69, 9.17) is 24.7 Å². The van der Waals surface area contributed by atoms with Gasteiger partial charge in [0.25, 0.3) is 11.0 Å². The van der Waals surface area contributed by atoms with Crippen LogP contribution >= 0.6 is 15.2 Å². The molecular formula is C12H17NO10P2. The summed E-state index contributed by atoms with van der Waals surface area (Å²) in [4.78, 5) is 58.3. The zero-order valence-electron chi connectivity index (χ0n) is 12.6. The maximum Gasteiger partial charge on any atom is 0.369 e. The van der Waals surface area contributed by atoms with Crippen LogP contribution in [-0.2, 0) is 20.3 Å². The van der Waals surface area contributed by atoms with Gasteiger partial charge in [-0.3, -0.25) is 18.7 Å². The molecule has 11 nitrogen and oxygen atoms in total. The molecule has 25 heavy (non-hydrogen) atoms. The predicted molar refractivity (Wildman–Crippen MR) is 83.8 cm³/mol. The first-order valence-electron chi connectivity index (χ1n) is 6.70. The third kappa shape index (κ3) is 5.45. The molecule has 1 amide bonds. The molecule has 1 aromatic carbocycles. The number of rotatable bonds is 8. The molecule has 0 atom stereocenters. The van der Waals surface area contributed by atoms with Gasteiger partial charge in [0.1, 0.15) is 0 Å². The van der Waals surface area contributed by atoms with Crippen molar-refractivity contribution in [3.63, 3.8) is 0 Å². The van der Waals surface area contributed by atoms with E-state index in [1.54, 1.807) is 0 Å². The summed E-state index contributed by atoms with van der Waals surface area (Å²) >= 11 is 0. The third-order valence-electron chi connectivity index (χ3n) is 3.25. The molecule has 0 aromatic heterocycles. The Morgan fingerprint density at radius 3 is 1.88 bits per heavy atom. The molecule has 13 heteroatoms. The van der Waals surface area contributed by atoms with Gasteiger partial charge in [-0.15, -0.1) is 0 Å². The fourth-order valence-electron chi connectivity index (χ4n) is 1.86. The van der Waals surface area contributed by atoms with Crippen LogP contribution in [0.25, 0.3) is 0 Å². The van der Waals surface area contributed by atoms with Crippen LogP contribution in [0.4, 0.5) is 0 Å². The average Bonchev–Trinajstić information content (AvgIpc) is 2.44. The summed E-state index contributed by atoms with van der Waals surface area (Å²) in [5, 5.41) is 16.9. The zero-order valence-corrected chi connectivity index (χ0v) is 14.4. The van der Waals surface area contributed by atoms with Crippen molar-refractivity contribution in [2.24, 2.45) is 0 Å². The Bertz CT molecular complexity index is 713. The molecule has 0 aliphatic rings. The highest BCUT2D eigenvalue weighted by atomic mass is 31.2. The SMILES string of the molecule is O=C(O)Cc1ccc(C(=O)NCCC(O)(P(=O)(O)O)P(=O)(O)O)cc1. The zero-order chi connectivity index (χ0) is 19.5. The van der Waals surface area contributed by atoms with Crippen molar-refractivity contribution >= 4 is 27.1 Å². The Morgan fingerprint density at radius 1 is 1.00 bits per heavy atom. The van der Waals surface area contributed by atoms with Gasteiger partial charge < -0.3 is 35.1 Å². The largest absolute Gasteiger partial charge is 0.481 e. The second kappa shape index (κ2) is 7.76. The minimum absolute atomic E-state index is 0.0880. The smallest absolute Gasteiger partial charge is 0.369 e. The highest BCUT2D eigenvalue weighted by molar-refractivity contribution is 7.72. The Hall–Kier alpha value is -1.58. The second-order valence-electron chi connectivity index (χ2n) is 5.14. The third-order valence-corrected chi connectivity index (χ3v) is 7.13. The normalized spacial score (nSPS) is 12.7. The molecule has 140 valence electrons. The minimum atomic E-state index is -5.58. The molecular weight excluding hydrogens is 380 g/mol. The molecule has 0 saturated heterocycles. The van der Waals surface area contributed by atoms with Crippen molar-refractivity contribution in [3.05, 3.63) is 35.4 Å². The molecule has 0 fully saturated rings. The summed E-state index contributed by atoms with van der Waals surface area (Å²) in [6.07, 6.45) is -1.32. The van der Waals surface area contributed by atoms with Crippen LogP contribution in [-0.4, -0.2) is 53.3 Å². The summed E-state index contributed by atoms with van der Waals surface area (Å²) < 4.78 is 22.3. The number of hydrogen-bond donors (Lipinski definition) is 7. The molecule has 0 aliphatic carbocycles.